The van der Waals surface area contributed by atoms with Crippen molar-refractivity contribution >= 4 is 32.6 Å². The van der Waals surface area contributed by atoms with Crippen molar-refractivity contribution in [3.63, 3.8) is 0 Å². The van der Waals surface area contributed by atoms with Gasteiger partial charge in [0, 0.05) is 0 Å². The van der Waals surface area contributed by atoms with Crippen LogP contribution >= 0.6 is 11.3 Å². The average molecular weight is 342 g/mol. The summed E-state index contributed by atoms with van der Waals surface area (Å²) in [6.07, 6.45) is 0. The van der Waals surface area contributed by atoms with Crippen LogP contribution in [0.5, 0.6) is 11.5 Å². The number of thiazole rings is 1. The Morgan fingerprint density at radius 2 is 1.88 bits per heavy atom. The van der Waals surface area contributed by atoms with E-state index >= 15 is 0 Å². The molecule has 0 radical (unpaired) electrons. The van der Waals surface area contributed by atoms with Gasteiger partial charge in [-0.2, -0.15) is 0 Å². The molecule has 6 heteroatoms. The van der Waals surface area contributed by atoms with Crippen LogP contribution in [0.4, 0.5) is 5.13 Å². The van der Waals surface area contributed by atoms with E-state index in [0.717, 1.165) is 21.5 Å². The molecule has 0 unspecified atom stereocenters. The first-order chi connectivity index (χ1) is 11.5. The van der Waals surface area contributed by atoms with Gasteiger partial charge < -0.3 is 9.47 Å². The van der Waals surface area contributed by atoms with E-state index in [0.29, 0.717) is 10.9 Å². The quantitative estimate of drug-likeness (QED) is 0.763. The van der Waals surface area contributed by atoms with Gasteiger partial charge in [0.2, 0.25) is 0 Å². The molecule has 1 aromatic heterocycles. The predicted molar refractivity (Wildman–Crippen MR) is 96.2 cm³/mol. The normalized spacial score (nSPS) is 10.6. The van der Waals surface area contributed by atoms with Crippen LogP contribution in [0.2, 0.25) is 0 Å². The van der Waals surface area contributed by atoms with Crippen molar-refractivity contribution in [3.8, 4) is 11.5 Å². The number of nitrogens with one attached hydrogen (secondary N) is 1. The van der Waals surface area contributed by atoms with Gasteiger partial charge in [-0.25, -0.2) is 4.98 Å². The second kappa shape index (κ2) is 6.88. The fourth-order valence-electron chi connectivity index (χ4n) is 2.40. The van der Waals surface area contributed by atoms with Gasteiger partial charge in [0.1, 0.15) is 11.5 Å². The Kier molecular flexibility index (Phi) is 4.66. The number of carbonyl (C=O) groups excluding carboxylic acids is 1. The van der Waals surface area contributed by atoms with Crippen LogP contribution in [0.25, 0.3) is 10.2 Å². The molecule has 0 saturated heterocycles. The van der Waals surface area contributed by atoms with Crippen LogP contribution in [-0.4, -0.2) is 24.6 Å². The summed E-state index contributed by atoms with van der Waals surface area (Å²) in [5.41, 5.74) is 3.22. The Labute approximate surface area is 144 Å². The van der Waals surface area contributed by atoms with Crippen LogP contribution in [0.1, 0.15) is 11.1 Å². The number of nitrogens with zero attached hydrogens (tertiary/aromatic N) is 1. The zero-order chi connectivity index (χ0) is 17.1. The van der Waals surface area contributed by atoms with Crippen molar-refractivity contribution in [3.05, 3.63) is 47.5 Å². The molecule has 1 heterocycles. The number of aromatic nitrogens is 1. The van der Waals surface area contributed by atoms with Gasteiger partial charge in [-0.05, 0) is 55.3 Å². The summed E-state index contributed by atoms with van der Waals surface area (Å²) in [5, 5.41) is 3.37. The molecule has 0 saturated carbocycles. The first-order valence-electron chi connectivity index (χ1n) is 7.49. The smallest absolute Gasteiger partial charge is 0.264 e. The maximum atomic E-state index is 12.0. The Morgan fingerprint density at radius 3 is 2.58 bits per heavy atom. The summed E-state index contributed by atoms with van der Waals surface area (Å²) >= 11 is 1.47. The lowest BCUT2D eigenvalue weighted by Gasteiger charge is -2.06. The molecular formula is C18H18N2O3S. The minimum Gasteiger partial charge on any atom is -0.497 e. The van der Waals surface area contributed by atoms with E-state index < -0.39 is 0 Å². The summed E-state index contributed by atoms with van der Waals surface area (Å²) < 4.78 is 11.6. The molecule has 0 aliphatic carbocycles. The third-order valence-electron chi connectivity index (χ3n) is 3.51. The van der Waals surface area contributed by atoms with Crippen molar-refractivity contribution in [2.45, 2.75) is 13.8 Å². The van der Waals surface area contributed by atoms with E-state index in [4.69, 9.17) is 9.47 Å². The first kappa shape index (κ1) is 16.3. The van der Waals surface area contributed by atoms with E-state index in [2.05, 4.69) is 22.4 Å². The zero-order valence-corrected chi connectivity index (χ0v) is 14.6. The van der Waals surface area contributed by atoms with Crippen molar-refractivity contribution < 1.29 is 14.3 Å². The van der Waals surface area contributed by atoms with E-state index in [1.807, 2.05) is 13.8 Å². The molecule has 0 aliphatic rings. The van der Waals surface area contributed by atoms with Crippen LogP contribution in [0.3, 0.4) is 0 Å². The minimum atomic E-state index is -0.237. The zero-order valence-electron chi connectivity index (χ0n) is 13.8. The van der Waals surface area contributed by atoms with E-state index in [1.54, 1.807) is 31.4 Å². The fraction of sp³-hybridized carbons (Fsp3) is 0.222. The second-order valence-corrected chi connectivity index (χ2v) is 6.49. The molecule has 5 nitrogen and oxygen atoms in total. The largest absolute Gasteiger partial charge is 0.497 e. The lowest BCUT2D eigenvalue weighted by atomic mass is 10.1. The van der Waals surface area contributed by atoms with Crippen LogP contribution < -0.4 is 14.8 Å². The van der Waals surface area contributed by atoms with Gasteiger partial charge in [0.05, 0.1) is 17.3 Å². The Hall–Kier alpha value is -2.60. The van der Waals surface area contributed by atoms with Crippen LogP contribution in [0.15, 0.2) is 36.4 Å². The number of hydrogen-bond donors (Lipinski definition) is 1. The molecule has 1 N–H and O–H groups in total. The number of benzene rings is 2. The molecule has 3 rings (SSSR count). The van der Waals surface area contributed by atoms with Gasteiger partial charge >= 0.3 is 0 Å². The number of hydrogen-bond acceptors (Lipinski definition) is 5. The topological polar surface area (TPSA) is 60.5 Å². The highest BCUT2D eigenvalue weighted by Gasteiger charge is 2.10. The molecule has 2 aromatic carbocycles. The SMILES string of the molecule is COc1ccc(OCC(=O)Nc2nc3c(C)cc(C)cc3s2)cc1. The number of ether oxygens (including phenoxy) is 2. The maximum absolute atomic E-state index is 12.0. The Morgan fingerprint density at radius 1 is 1.17 bits per heavy atom. The number of methoxy groups -OCH3 is 1. The molecule has 0 bridgehead atoms. The van der Waals surface area contributed by atoms with Crippen LogP contribution in [0, 0.1) is 13.8 Å². The third-order valence-corrected chi connectivity index (χ3v) is 4.42. The average Bonchev–Trinajstić information content (AvgIpc) is 2.96. The molecule has 0 atom stereocenters. The number of carbonyl (C=O) groups is 1. The lowest BCUT2D eigenvalue weighted by molar-refractivity contribution is -0.118. The van der Waals surface area contributed by atoms with E-state index in [-0.39, 0.29) is 12.5 Å². The molecule has 3 aromatic rings. The number of rotatable bonds is 5. The number of amides is 1. The summed E-state index contributed by atoms with van der Waals surface area (Å²) in [6, 6.07) is 11.2. The predicted octanol–water partition coefficient (Wildman–Crippen LogP) is 3.94. The Bertz CT molecular complexity index is 872. The summed E-state index contributed by atoms with van der Waals surface area (Å²) in [4.78, 5) is 16.5. The second-order valence-electron chi connectivity index (χ2n) is 5.46. The molecule has 24 heavy (non-hydrogen) atoms. The van der Waals surface area contributed by atoms with Crippen molar-refractivity contribution in [2.75, 3.05) is 19.0 Å². The number of aryl methyl sites for hydroxylation is 2. The fourth-order valence-corrected chi connectivity index (χ4v) is 3.46. The summed E-state index contributed by atoms with van der Waals surface area (Å²) in [7, 11) is 1.60. The van der Waals surface area contributed by atoms with Crippen molar-refractivity contribution in [2.24, 2.45) is 0 Å². The highest BCUT2D eigenvalue weighted by molar-refractivity contribution is 7.22. The highest BCUT2D eigenvalue weighted by Crippen LogP contribution is 2.29. The number of anilines is 1. The molecule has 0 spiro atoms. The third kappa shape index (κ3) is 3.65. The first-order valence-corrected chi connectivity index (χ1v) is 8.31. The summed E-state index contributed by atoms with van der Waals surface area (Å²) in [5.74, 6) is 1.12. The van der Waals surface area contributed by atoms with Gasteiger partial charge in [-0.1, -0.05) is 17.4 Å². The lowest BCUT2D eigenvalue weighted by Crippen LogP contribution is -2.19. The maximum Gasteiger partial charge on any atom is 0.264 e. The van der Waals surface area contributed by atoms with Crippen molar-refractivity contribution in [1.29, 1.82) is 0 Å². The molecule has 0 aliphatic heterocycles. The van der Waals surface area contributed by atoms with Gasteiger partial charge in [0.25, 0.3) is 5.91 Å². The van der Waals surface area contributed by atoms with E-state index in [9.17, 15) is 4.79 Å². The minimum absolute atomic E-state index is 0.0692. The summed E-state index contributed by atoms with van der Waals surface area (Å²) in [6.45, 7) is 4.00. The van der Waals surface area contributed by atoms with E-state index in [1.165, 1.54) is 16.9 Å². The molecule has 0 fully saturated rings. The Balaban J connectivity index is 1.63. The molecular weight excluding hydrogens is 324 g/mol. The standard InChI is InChI=1S/C18H18N2O3S/c1-11-8-12(2)17-15(9-11)24-18(20-17)19-16(21)10-23-14-6-4-13(22-3)5-7-14/h4-9H,10H2,1-3H3,(H,19,20,21). The van der Waals surface area contributed by atoms with Crippen molar-refractivity contribution in [1.82, 2.24) is 4.98 Å². The molecule has 1 amide bonds. The molecule has 124 valence electrons. The van der Waals surface area contributed by atoms with Gasteiger partial charge in [0.15, 0.2) is 11.7 Å². The monoisotopic (exact) mass is 342 g/mol. The number of fused-ring (bicyclic) bond motifs is 1. The highest BCUT2D eigenvalue weighted by atomic mass is 32.1. The van der Waals surface area contributed by atoms with Gasteiger partial charge in [-0.15, -0.1) is 0 Å². The van der Waals surface area contributed by atoms with Gasteiger partial charge in [-0.3, -0.25) is 10.1 Å². The van der Waals surface area contributed by atoms with Crippen LogP contribution in [-0.2, 0) is 4.79 Å².